The van der Waals surface area contributed by atoms with Gasteiger partial charge in [-0.05, 0) is 53.3 Å². The molecule has 3 nitrogen and oxygen atoms in total. The van der Waals surface area contributed by atoms with Crippen molar-refractivity contribution in [1.82, 2.24) is 5.32 Å². The summed E-state index contributed by atoms with van der Waals surface area (Å²) < 4.78 is 5.14. The molecule has 0 unspecified atom stereocenters. The van der Waals surface area contributed by atoms with Crippen molar-refractivity contribution in [3.05, 3.63) is 77.2 Å². The van der Waals surface area contributed by atoms with Gasteiger partial charge in [-0.2, -0.15) is 0 Å². The van der Waals surface area contributed by atoms with E-state index in [-0.39, 0.29) is 5.91 Å². The van der Waals surface area contributed by atoms with Crippen molar-refractivity contribution in [2.45, 2.75) is 6.42 Å². The number of carbonyl (C=O) groups is 1. The normalized spacial score (nSPS) is 10.4. The minimum atomic E-state index is -0.0399. The number of rotatable bonds is 6. The van der Waals surface area contributed by atoms with Crippen molar-refractivity contribution in [2.75, 3.05) is 13.7 Å². The lowest BCUT2D eigenvalue weighted by molar-refractivity contribution is 0.0954. The first kappa shape index (κ1) is 16.3. The van der Waals surface area contributed by atoms with Gasteiger partial charge >= 0.3 is 0 Å². The van der Waals surface area contributed by atoms with Crippen LogP contribution in [0.3, 0.4) is 0 Å². The van der Waals surface area contributed by atoms with Crippen LogP contribution in [0.15, 0.2) is 66.0 Å². The Kier molecular flexibility index (Phi) is 5.29. The Morgan fingerprint density at radius 3 is 2.62 bits per heavy atom. The van der Waals surface area contributed by atoms with Gasteiger partial charge in [0.25, 0.3) is 5.91 Å². The van der Waals surface area contributed by atoms with E-state index >= 15 is 0 Å². The van der Waals surface area contributed by atoms with Crippen LogP contribution in [-0.4, -0.2) is 19.6 Å². The highest BCUT2D eigenvalue weighted by Crippen LogP contribution is 2.25. The maximum Gasteiger partial charge on any atom is 0.251 e. The molecule has 0 bridgehead atoms. The second-order valence-electron chi connectivity index (χ2n) is 5.41. The van der Waals surface area contributed by atoms with Gasteiger partial charge in [0.05, 0.1) is 7.11 Å². The zero-order valence-corrected chi connectivity index (χ0v) is 14.3. The van der Waals surface area contributed by atoms with Crippen LogP contribution in [-0.2, 0) is 6.42 Å². The molecule has 0 radical (unpaired) electrons. The van der Waals surface area contributed by atoms with Crippen LogP contribution in [0.4, 0.5) is 0 Å². The van der Waals surface area contributed by atoms with Gasteiger partial charge in [0.2, 0.25) is 0 Å². The maximum atomic E-state index is 12.3. The van der Waals surface area contributed by atoms with Crippen LogP contribution in [0.5, 0.6) is 5.75 Å². The lowest BCUT2D eigenvalue weighted by atomic mass is 10.1. The number of ether oxygens (including phenoxy) is 1. The Labute approximate surface area is 145 Å². The Morgan fingerprint density at radius 2 is 1.92 bits per heavy atom. The average Bonchev–Trinajstić information content (AvgIpc) is 3.17. The number of amides is 1. The molecule has 0 aliphatic heterocycles. The third-order valence-corrected chi connectivity index (χ3v) is 4.71. The maximum absolute atomic E-state index is 12.3. The van der Waals surface area contributed by atoms with Crippen LogP contribution in [0.1, 0.15) is 15.9 Å². The van der Waals surface area contributed by atoms with Crippen LogP contribution in [0.25, 0.3) is 10.4 Å². The van der Waals surface area contributed by atoms with E-state index in [0.717, 1.165) is 17.7 Å². The number of benzene rings is 2. The minimum Gasteiger partial charge on any atom is -0.497 e. The summed E-state index contributed by atoms with van der Waals surface area (Å²) in [4.78, 5) is 13.5. The van der Waals surface area contributed by atoms with Gasteiger partial charge < -0.3 is 10.1 Å². The van der Waals surface area contributed by atoms with Gasteiger partial charge in [-0.15, -0.1) is 11.3 Å². The summed E-state index contributed by atoms with van der Waals surface area (Å²) in [6.07, 6.45) is 0.792. The molecule has 0 fully saturated rings. The first-order valence-electron chi connectivity index (χ1n) is 7.81. The van der Waals surface area contributed by atoms with E-state index in [1.54, 1.807) is 18.4 Å². The number of methoxy groups -OCH3 is 1. The summed E-state index contributed by atoms with van der Waals surface area (Å²) in [5.41, 5.74) is 2.94. The van der Waals surface area contributed by atoms with Gasteiger partial charge in [-0.1, -0.05) is 30.3 Å². The van der Waals surface area contributed by atoms with Crippen LogP contribution in [0, 0.1) is 0 Å². The molecule has 0 aliphatic carbocycles. The summed E-state index contributed by atoms with van der Waals surface area (Å²) in [7, 11) is 1.65. The molecule has 0 saturated heterocycles. The molecule has 0 saturated carbocycles. The van der Waals surface area contributed by atoms with Crippen molar-refractivity contribution in [3.63, 3.8) is 0 Å². The molecule has 4 heteroatoms. The predicted molar refractivity (Wildman–Crippen MR) is 98.8 cm³/mol. The summed E-state index contributed by atoms with van der Waals surface area (Å²) in [6, 6.07) is 19.7. The zero-order valence-electron chi connectivity index (χ0n) is 13.5. The lowest BCUT2D eigenvalue weighted by Gasteiger charge is -2.07. The van der Waals surface area contributed by atoms with Gasteiger partial charge in [0.15, 0.2) is 0 Å². The smallest absolute Gasteiger partial charge is 0.251 e. The number of nitrogens with one attached hydrogen (secondary N) is 1. The fraction of sp³-hybridized carbons (Fsp3) is 0.150. The molecule has 1 aromatic heterocycles. The lowest BCUT2D eigenvalue weighted by Crippen LogP contribution is -2.25. The van der Waals surface area contributed by atoms with E-state index in [9.17, 15) is 4.79 Å². The monoisotopic (exact) mass is 337 g/mol. The Hall–Kier alpha value is -2.59. The summed E-state index contributed by atoms with van der Waals surface area (Å²) in [5, 5.41) is 5.02. The highest BCUT2D eigenvalue weighted by atomic mass is 32.1. The quantitative estimate of drug-likeness (QED) is 0.724. The molecular formula is C20H19NO2S. The largest absolute Gasteiger partial charge is 0.497 e. The second-order valence-corrected chi connectivity index (χ2v) is 6.36. The average molecular weight is 337 g/mol. The molecule has 0 atom stereocenters. The number of hydrogen-bond acceptors (Lipinski definition) is 3. The van der Waals surface area contributed by atoms with Gasteiger partial charge in [-0.3, -0.25) is 4.79 Å². The van der Waals surface area contributed by atoms with E-state index in [1.165, 1.54) is 10.4 Å². The number of carbonyl (C=O) groups excluding carboxylic acids is 1. The fourth-order valence-electron chi connectivity index (χ4n) is 2.47. The molecule has 0 spiro atoms. The molecule has 1 amide bonds. The van der Waals surface area contributed by atoms with Crippen molar-refractivity contribution < 1.29 is 9.53 Å². The van der Waals surface area contributed by atoms with Crippen LogP contribution >= 0.6 is 11.3 Å². The molecule has 1 N–H and O–H groups in total. The van der Waals surface area contributed by atoms with Gasteiger partial charge in [-0.25, -0.2) is 0 Å². The Balaban J connectivity index is 1.58. The highest BCUT2D eigenvalue weighted by molar-refractivity contribution is 7.13. The van der Waals surface area contributed by atoms with Crippen molar-refractivity contribution >= 4 is 17.2 Å². The van der Waals surface area contributed by atoms with Crippen molar-refractivity contribution in [2.24, 2.45) is 0 Å². The van der Waals surface area contributed by atoms with E-state index in [1.807, 2.05) is 60.0 Å². The summed E-state index contributed by atoms with van der Waals surface area (Å²) in [6.45, 7) is 0.606. The molecule has 3 aromatic rings. The SMILES string of the molecule is COc1ccc(CCNC(=O)c2cccc(-c3cccs3)c2)cc1. The minimum absolute atomic E-state index is 0.0399. The van der Waals surface area contributed by atoms with Crippen molar-refractivity contribution in [1.29, 1.82) is 0 Å². The molecule has 122 valence electrons. The standard InChI is InChI=1S/C20H19NO2S/c1-23-18-9-7-15(8-10-18)11-12-21-20(22)17-5-2-4-16(14-17)19-6-3-13-24-19/h2-10,13-14H,11-12H2,1H3,(H,21,22). The highest BCUT2D eigenvalue weighted by Gasteiger charge is 2.07. The predicted octanol–water partition coefficient (Wildman–Crippen LogP) is 4.40. The molecule has 24 heavy (non-hydrogen) atoms. The Bertz CT molecular complexity index is 795. The molecule has 0 aliphatic rings. The van der Waals surface area contributed by atoms with Crippen molar-refractivity contribution in [3.8, 4) is 16.2 Å². The summed E-state index contributed by atoms with van der Waals surface area (Å²) in [5.74, 6) is 0.801. The molecule has 3 rings (SSSR count). The van der Waals surface area contributed by atoms with Crippen LogP contribution in [0.2, 0.25) is 0 Å². The summed E-state index contributed by atoms with van der Waals surface area (Å²) >= 11 is 1.67. The van der Waals surface area contributed by atoms with E-state index in [0.29, 0.717) is 12.1 Å². The topological polar surface area (TPSA) is 38.3 Å². The van der Waals surface area contributed by atoms with E-state index < -0.39 is 0 Å². The molecule has 2 aromatic carbocycles. The van der Waals surface area contributed by atoms with Gasteiger partial charge in [0.1, 0.15) is 5.75 Å². The first-order valence-corrected chi connectivity index (χ1v) is 8.69. The fourth-order valence-corrected chi connectivity index (χ4v) is 3.20. The van der Waals surface area contributed by atoms with Gasteiger partial charge in [0, 0.05) is 17.0 Å². The molecular weight excluding hydrogens is 318 g/mol. The van der Waals surface area contributed by atoms with E-state index in [2.05, 4.69) is 11.4 Å². The number of thiophene rings is 1. The number of hydrogen-bond donors (Lipinski definition) is 1. The first-order chi connectivity index (χ1) is 11.8. The third-order valence-electron chi connectivity index (χ3n) is 3.79. The third kappa shape index (κ3) is 4.03. The Morgan fingerprint density at radius 1 is 1.08 bits per heavy atom. The molecule has 1 heterocycles. The van der Waals surface area contributed by atoms with E-state index in [4.69, 9.17) is 4.74 Å². The second kappa shape index (κ2) is 7.79. The zero-order chi connectivity index (χ0) is 16.8. The van der Waals surface area contributed by atoms with Crippen LogP contribution < -0.4 is 10.1 Å².